The van der Waals surface area contributed by atoms with Crippen LogP contribution in [0, 0.1) is 6.92 Å². The molecule has 1 heterocycles. The number of halogens is 2. The number of aromatic nitrogens is 2. The average molecular weight is 333 g/mol. The van der Waals surface area contributed by atoms with Gasteiger partial charge in [-0.3, -0.25) is 4.79 Å². The summed E-state index contributed by atoms with van der Waals surface area (Å²) in [6.07, 6.45) is 0.588. The highest BCUT2D eigenvalue weighted by molar-refractivity contribution is 6.42. The predicted molar refractivity (Wildman–Crippen MR) is 91.0 cm³/mol. The number of hydrogen-bond acceptors (Lipinski definition) is 2. The number of nitrogens with zero attached hydrogens (tertiary/aromatic N) is 2. The lowest BCUT2D eigenvalue weighted by molar-refractivity contribution is 0.697. The fourth-order valence-electron chi connectivity index (χ4n) is 2.51. The minimum absolute atomic E-state index is 0.0899. The van der Waals surface area contributed by atoms with Crippen molar-refractivity contribution >= 4 is 34.0 Å². The summed E-state index contributed by atoms with van der Waals surface area (Å²) in [7, 11) is 1.67. The van der Waals surface area contributed by atoms with Crippen LogP contribution in [0.2, 0.25) is 10.0 Å². The van der Waals surface area contributed by atoms with Gasteiger partial charge in [-0.1, -0.05) is 40.9 Å². The fourth-order valence-corrected chi connectivity index (χ4v) is 2.83. The number of benzene rings is 2. The van der Waals surface area contributed by atoms with Crippen molar-refractivity contribution in [1.29, 1.82) is 0 Å². The molecule has 1 aromatic heterocycles. The zero-order valence-corrected chi connectivity index (χ0v) is 13.7. The molecule has 0 aliphatic heterocycles. The van der Waals surface area contributed by atoms with Crippen LogP contribution in [0.3, 0.4) is 0 Å². The molecule has 0 saturated carbocycles. The third kappa shape index (κ3) is 2.74. The molecule has 112 valence electrons. The van der Waals surface area contributed by atoms with Crippen molar-refractivity contribution in [2.75, 3.05) is 0 Å². The van der Waals surface area contributed by atoms with Gasteiger partial charge in [0.2, 0.25) is 0 Å². The summed E-state index contributed by atoms with van der Waals surface area (Å²) in [5, 5.41) is 7.03. The van der Waals surface area contributed by atoms with E-state index >= 15 is 0 Å². The van der Waals surface area contributed by atoms with Gasteiger partial charge in [0.1, 0.15) is 0 Å². The van der Waals surface area contributed by atoms with Crippen molar-refractivity contribution in [2.24, 2.45) is 7.05 Å². The Morgan fingerprint density at radius 3 is 2.55 bits per heavy atom. The van der Waals surface area contributed by atoms with Gasteiger partial charge in [-0.25, -0.2) is 4.68 Å². The molecule has 3 nitrogen and oxygen atoms in total. The van der Waals surface area contributed by atoms with E-state index in [1.807, 2.05) is 37.3 Å². The first-order valence-electron chi connectivity index (χ1n) is 6.86. The minimum Gasteiger partial charge on any atom is -0.267 e. The molecule has 0 unspecified atom stereocenters. The summed E-state index contributed by atoms with van der Waals surface area (Å²) in [4.78, 5) is 12.2. The van der Waals surface area contributed by atoms with E-state index in [0.717, 1.165) is 22.2 Å². The van der Waals surface area contributed by atoms with Crippen molar-refractivity contribution in [2.45, 2.75) is 13.3 Å². The van der Waals surface area contributed by atoms with E-state index in [0.29, 0.717) is 21.9 Å². The van der Waals surface area contributed by atoms with Crippen molar-refractivity contribution in [3.05, 3.63) is 73.6 Å². The molecule has 3 rings (SSSR count). The Morgan fingerprint density at radius 2 is 1.82 bits per heavy atom. The predicted octanol–water partition coefficient (Wildman–Crippen LogP) is 4.14. The summed E-state index contributed by atoms with van der Waals surface area (Å²) in [5.74, 6) is 0. The summed E-state index contributed by atoms with van der Waals surface area (Å²) in [6.45, 7) is 2.00. The molecular weight excluding hydrogens is 319 g/mol. The molecule has 0 spiro atoms. The van der Waals surface area contributed by atoms with Crippen LogP contribution in [0.25, 0.3) is 10.8 Å². The van der Waals surface area contributed by atoms with Gasteiger partial charge in [0.05, 0.1) is 21.1 Å². The Morgan fingerprint density at radius 1 is 1.05 bits per heavy atom. The lowest BCUT2D eigenvalue weighted by Crippen LogP contribution is -2.21. The number of fused-ring (bicyclic) bond motifs is 1. The van der Waals surface area contributed by atoms with Gasteiger partial charge in [-0.15, -0.1) is 0 Å². The molecular formula is C17H14Cl2N2O. The first-order chi connectivity index (χ1) is 10.5. The largest absolute Gasteiger partial charge is 0.274 e. The molecule has 0 aliphatic carbocycles. The Labute approximate surface area is 138 Å². The van der Waals surface area contributed by atoms with Crippen LogP contribution in [0.15, 0.2) is 41.2 Å². The van der Waals surface area contributed by atoms with Gasteiger partial charge >= 0.3 is 0 Å². The van der Waals surface area contributed by atoms with Crippen molar-refractivity contribution < 1.29 is 0 Å². The lowest BCUT2D eigenvalue weighted by Gasteiger charge is -2.09. The van der Waals surface area contributed by atoms with Crippen LogP contribution in [-0.4, -0.2) is 9.78 Å². The Bertz CT molecular complexity index is 932. The molecule has 0 radical (unpaired) electrons. The van der Waals surface area contributed by atoms with E-state index in [1.54, 1.807) is 13.1 Å². The average Bonchev–Trinajstić information content (AvgIpc) is 2.48. The minimum atomic E-state index is -0.0899. The highest BCUT2D eigenvalue weighted by Crippen LogP contribution is 2.25. The highest BCUT2D eigenvalue weighted by Gasteiger charge is 2.10. The first-order valence-corrected chi connectivity index (χ1v) is 7.62. The highest BCUT2D eigenvalue weighted by atomic mass is 35.5. The summed E-state index contributed by atoms with van der Waals surface area (Å²) in [6, 6.07) is 11.3. The maximum absolute atomic E-state index is 12.2. The van der Waals surface area contributed by atoms with E-state index in [9.17, 15) is 4.79 Å². The summed E-state index contributed by atoms with van der Waals surface area (Å²) in [5.41, 5.74) is 2.85. The maximum Gasteiger partial charge on any atom is 0.274 e. The summed E-state index contributed by atoms with van der Waals surface area (Å²) < 4.78 is 1.38. The Balaban J connectivity index is 2.17. The van der Waals surface area contributed by atoms with Crippen LogP contribution >= 0.6 is 23.2 Å². The van der Waals surface area contributed by atoms with Crippen LogP contribution < -0.4 is 5.56 Å². The first kappa shape index (κ1) is 15.1. The standard InChI is InChI=1S/C17H14Cl2N2O/c1-10-3-5-12-13(7-10)16(20-21(2)17(12)22)9-11-4-6-14(18)15(19)8-11/h3-8H,9H2,1-2H3. The second-order valence-electron chi connectivity index (χ2n) is 5.35. The van der Waals surface area contributed by atoms with Crippen molar-refractivity contribution in [1.82, 2.24) is 9.78 Å². The van der Waals surface area contributed by atoms with E-state index in [2.05, 4.69) is 5.10 Å². The van der Waals surface area contributed by atoms with Crippen LogP contribution in [0.5, 0.6) is 0 Å². The summed E-state index contributed by atoms with van der Waals surface area (Å²) >= 11 is 12.0. The second-order valence-corrected chi connectivity index (χ2v) is 6.16. The molecule has 22 heavy (non-hydrogen) atoms. The van der Waals surface area contributed by atoms with Crippen molar-refractivity contribution in [3.63, 3.8) is 0 Å². The molecule has 0 amide bonds. The van der Waals surface area contributed by atoms with Gasteiger partial charge in [-0.2, -0.15) is 5.10 Å². The second kappa shape index (κ2) is 5.75. The zero-order chi connectivity index (χ0) is 15.9. The van der Waals surface area contributed by atoms with E-state index < -0.39 is 0 Å². The molecule has 0 aliphatic rings. The molecule has 0 atom stereocenters. The molecule has 3 aromatic rings. The number of hydrogen-bond donors (Lipinski definition) is 0. The molecule has 0 bridgehead atoms. The zero-order valence-electron chi connectivity index (χ0n) is 12.2. The third-order valence-electron chi connectivity index (χ3n) is 3.64. The molecule has 2 aromatic carbocycles. The van der Waals surface area contributed by atoms with Crippen LogP contribution in [-0.2, 0) is 13.5 Å². The molecule has 0 N–H and O–H groups in total. The maximum atomic E-state index is 12.2. The Kier molecular flexibility index (Phi) is 3.94. The Hall–Kier alpha value is -1.84. The van der Waals surface area contributed by atoms with Gasteiger partial charge in [0.15, 0.2) is 0 Å². The van der Waals surface area contributed by atoms with Crippen LogP contribution in [0.1, 0.15) is 16.8 Å². The molecule has 0 fully saturated rings. The normalized spacial score (nSPS) is 11.1. The topological polar surface area (TPSA) is 34.9 Å². The van der Waals surface area contributed by atoms with Gasteiger partial charge < -0.3 is 0 Å². The quantitative estimate of drug-likeness (QED) is 0.706. The SMILES string of the molecule is Cc1ccc2c(=O)n(C)nc(Cc3ccc(Cl)c(Cl)c3)c2c1. The van der Waals surface area contributed by atoms with Gasteiger partial charge in [-0.05, 0) is 36.8 Å². The molecule has 0 saturated heterocycles. The van der Waals surface area contributed by atoms with E-state index in [1.165, 1.54) is 4.68 Å². The number of rotatable bonds is 2. The van der Waals surface area contributed by atoms with E-state index in [-0.39, 0.29) is 5.56 Å². The fraction of sp³-hybridized carbons (Fsp3) is 0.176. The van der Waals surface area contributed by atoms with Crippen LogP contribution in [0.4, 0.5) is 0 Å². The monoisotopic (exact) mass is 332 g/mol. The smallest absolute Gasteiger partial charge is 0.267 e. The third-order valence-corrected chi connectivity index (χ3v) is 4.38. The van der Waals surface area contributed by atoms with Gasteiger partial charge in [0, 0.05) is 18.9 Å². The van der Waals surface area contributed by atoms with Crippen molar-refractivity contribution in [3.8, 4) is 0 Å². The number of aryl methyl sites for hydroxylation is 2. The molecule has 5 heteroatoms. The van der Waals surface area contributed by atoms with E-state index in [4.69, 9.17) is 23.2 Å². The lowest BCUT2D eigenvalue weighted by atomic mass is 10.0. The van der Waals surface area contributed by atoms with Gasteiger partial charge in [0.25, 0.3) is 5.56 Å².